The molecule has 27 heavy (non-hydrogen) atoms. The van der Waals surface area contributed by atoms with E-state index in [0.717, 1.165) is 70.7 Å². The maximum Gasteiger partial charge on any atom is 0.191 e. The molecule has 3 rings (SSSR count). The van der Waals surface area contributed by atoms with Crippen molar-refractivity contribution in [2.75, 3.05) is 46.6 Å². The molecule has 5 nitrogen and oxygen atoms in total. The standard InChI is InChI=1S/C21H33N3O2.HI/c1-22-20(23-12-5-13-26-16-18-8-9-18)24-17-21(10-14-25-15-11-21)19-6-3-2-4-7-19;/h2-4,6-7,18H,5,8-17H2,1H3,(H2,22,23,24);1H. The van der Waals surface area contributed by atoms with E-state index < -0.39 is 0 Å². The van der Waals surface area contributed by atoms with E-state index in [1.807, 2.05) is 7.05 Å². The lowest BCUT2D eigenvalue weighted by molar-refractivity contribution is 0.0514. The lowest BCUT2D eigenvalue weighted by atomic mass is 9.74. The van der Waals surface area contributed by atoms with Gasteiger partial charge in [-0.25, -0.2) is 0 Å². The molecule has 1 aromatic carbocycles. The van der Waals surface area contributed by atoms with Gasteiger partial charge in [-0.05, 0) is 43.6 Å². The van der Waals surface area contributed by atoms with Gasteiger partial charge in [-0.1, -0.05) is 30.3 Å². The van der Waals surface area contributed by atoms with Crippen LogP contribution in [0.5, 0.6) is 0 Å². The van der Waals surface area contributed by atoms with Gasteiger partial charge < -0.3 is 20.1 Å². The van der Waals surface area contributed by atoms with Crippen LogP contribution in [0.25, 0.3) is 0 Å². The number of halogens is 1. The van der Waals surface area contributed by atoms with Crippen LogP contribution in [0, 0.1) is 5.92 Å². The monoisotopic (exact) mass is 487 g/mol. The summed E-state index contributed by atoms with van der Waals surface area (Å²) in [6.07, 6.45) is 5.78. The molecule has 0 unspecified atom stereocenters. The number of ether oxygens (including phenoxy) is 2. The van der Waals surface area contributed by atoms with Crippen molar-refractivity contribution in [3.8, 4) is 0 Å². The van der Waals surface area contributed by atoms with Crippen LogP contribution in [-0.2, 0) is 14.9 Å². The lowest BCUT2D eigenvalue weighted by Gasteiger charge is -2.38. The quantitative estimate of drug-likeness (QED) is 0.243. The highest BCUT2D eigenvalue weighted by atomic mass is 127. The van der Waals surface area contributed by atoms with Crippen LogP contribution in [0.2, 0.25) is 0 Å². The third-order valence-electron chi connectivity index (χ3n) is 5.46. The van der Waals surface area contributed by atoms with Crippen molar-refractivity contribution in [2.24, 2.45) is 10.9 Å². The zero-order valence-electron chi connectivity index (χ0n) is 16.4. The lowest BCUT2D eigenvalue weighted by Crippen LogP contribution is -2.48. The zero-order valence-corrected chi connectivity index (χ0v) is 18.7. The summed E-state index contributed by atoms with van der Waals surface area (Å²) in [4.78, 5) is 4.38. The normalized spacial score (nSPS) is 19.2. The Labute approximate surface area is 180 Å². The average Bonchev–Trinajstić information content (AvgIpc) is 3.53. The van der Waals surface area contributed by atoms with E-state index in [0.29, 0.717) is 0 Å². The number of nitrogens with one attached hydrogen (secondary N) is 2. The van der Waals surface area contributed by atoms with Gasteiger partial charge in [0.05, 0.1) is 0 Å². The summed E-state index contributed by atoms with van der Waals surface area (Å²) in [6.45, 7) is 5.16. The Morgan fingerprint density at radius 2 is 1.93 bits per heavy atom. The maximum absolute atomic E-state index is 5.69. The number of nitrogens with zero attached hydrogens (tertiary/aromatic N) is 1. The van der Waals surface area contributed by atoms with Crippen LogP contribution in [0.15, 0.2) is 35.3 Å². The van der Waals surface area contributed by atoms with E-state index in [9.17, 15) is 0 Å². The molecule has 0 amide bonds. The maximum atomic E-state index is 5.69. The number of rotatable bonds is 9. The number of guanidine groups is 1. The number of hydrogen-bond acceptors (Lipinski definition) is 3. The van der Waals surface area contributed by atoms with Crippen molar-refractivity contribution in [3.05, 3.63) is 35.9 Å². The van der Waals surface area contributed by atoms with Gasteiger partial charge in [0.25, 0.3) is 0 Å². The molecule has 2 aliphatic rings. The number of hydrogen-bond donors (Lipinski definition) is 2. The van der Waals surface area contributed by atoms with Gasteiger partial charge in [-0.2, -0.15) is 0 Å². The molecule has 0 spiro atoms. The van der Waals surface area contributed by atoms with Crippen LogP contribution >= 0.6 is 24.0 Å². The van der Waals surface area contributed by atoms with Crippen molar-refractivity contribution in [2.45, 2.75) is 37.5 Å². The van der Waals surface area contributed by atoms with Crippen molar-refractivity contribution < 1.29 is 9.47 Å². The minimum absolute atomic E-state index is 0. The SMILES string of the molecule is CN=C(NCCCOCC1CC1)NCC1(c2ccccc2)CCOCC1.I. The molecule has 1 aliphatic heterocycles. The molecule has 1 saturated carbocycles. The van der Waals surface area contributed by atoms with Crippen LogP contribution in [0.4, 0.5) is 0 Å². The molecule has 1 aromatic rings. The third-order valence-corrected chi connectivity index (χ3v) is 5.46. The molecular formula is C21H34IN3O2. The van der Waals surface area contributed by atoms with Gasteiger partial charge in [-0.3, -0.25) is 4.99 Å². The largest absolute Gasteiger partial charge is 0.381 e. The van der Waals surface area contributed by atoms with Crippen molar-refractivity contribution in [1.82, 2.24) is 10.6 Å². The van der Waals surface area contributed by atoms with E-state index in [1.165, 1.54) is 18.4 Å². The van der Waals surface area contributed by atoms with E-state index in [-0.39, 0.29) is 29.4 Å². The van der Waals surface area contributed by atoms with Crippen molar-refractivity contribution >= 4 is 29.9 Å². The molecule has 1 heterocycles. The Kier molecular flexibility index (Phi) is 9.86. The molecule has 1 saturated heterocycles. The average molecular weight is 487 g/mol. The van der Waals surface area contributed by atoms with Crippen LogP contribution in [0.3, 0.4) is 0 Å². The van der Waals surface area contributed by atoms with Crippen LogP contribution in [-0.4, -0.2) is 52.5 Å². The summed E-state index contributed by atoms with van der Waals surface area (Å²) in [7, 11) is 1.83. The minimum Gasteiger partial charge on any atom is -0.381 e. The van der Waals surface area contributed by atoms with E-state index in [1.54, 1.807) is 0 Å². The molecule has 0 atom stereocenters. The Morgan fingerprint density at radius 3 is 2.59 bits per heavy atom. The molecule has 152 valence electrons. The van der Waals surface area contributed by atoms with Crippen LogP contribution < -0.4 is 10.6 Å². The smallest absolute Gasteiger partial charge is 0.191 e. The first-order valence-corrected chi connectivity index (χ1v) is 9.98. The summed E-state index contributed by atoms with van der Waals surface area (Å²) >= 11 is 0. The molecule has 0 bridgehead atoms. The fourth-order valence-electron chi connectivity index (χ4n) is 3.51. The highest BCUT2D eigenvalue weighted by molar-refractivity contribution is 14.0. The van der Waals surface area contributed by atoms with Gasteiger partial charge in [-0.15, -0.1) is 24.0 Å². The fourth-order valence-corrected chi connectivity index (χ4v) is 3.51. The second-order valence-corrected chi connectivity index (χ2v) is 7.48. The highest BCUT2D eigenvalue weighted by Crippen LogP contribution is 2.34. The third kappa shape index (κ3) is 7.23. The fraction of sp³-hybridized carbons (Fsp3) is 0.667. The molecular weight excluding hydrogens is 453 g/mol. The first kappa shape index (κ1) is 22.4. The minimum atomic E-state index is 0. The highest BCUT2D eigenvalue weighted by Gasteiger charge is 2.34. The van der Waals surface area contributed by atoms with Gasteiger partial charge in [0.1, 0.15) is 0 Å². The van der Waals surface area contributed by atoms with Crippen LogP contribution in [0.1, 0.15) is 37.7 Å². The Balaban J connectivity index is 0.00000261. The summed E-state index contributed by atoms with van der Waals surface area (Å²) in [6, 6.07) is 10.8. The van der Waals surface area contributed by atoms with Gasteiger partial charge in [0, 0.05) is 52.0 Å². The molecule has 1 aliphatic carbocycles. The van der Waals surface area contributed by atoms with Gasteiger partial charge >= 0.3 is 0 Å². The second kappa shape index (κ2) is 11.9. The first-order valence-electron chi connectivity index (χ1n) is 9.98. The summed E-state index contributed by atoms with van der Waals surface area (Å²) in [5.41, 5.74) is 1.50. The van der Waals surface area contributed by atoms with Crippen molar-refractivity contribution in [3.63, 3.8) is 0 Å². The first-order chi connectivity index (χ1) is 12.8. The summed E-state index contributed by atoms with van der Waals surface area (Å²) in [5.74, 6) is 1.71. The second-order valence-electron chi connectivity index (χ2n) is 7.48. The topological polar surface area (TPSA) is 54.9 Å². The Bertz CT molecular complexity index is 558. The van der Waals surface area contributed by atoms with Crippen molar-refractivity contribution in [1.29, 1.82) is 0 Å². The van der Waals surface area contributed by atoms with E-state index in [2.05, 4.69) is 46.0 Å². The summed E-state index contributed by atoms with van der Waals surface area (Å²) < 4.78 is 11.3. The Hall–Kier alpha value is -0.860. The zero-order chi connectivity index (χ0) is 18.1. The number of benzene rings is 1. The molecule has 6 heteroatoms. The predicted octanol–water partition coefficient (Wildman–Crippen LogP) is 3.33. The van der Waals surface area contributed by atoms with E-state index >= 15 is 0 Å². The van der Waals surface area contributed by atoms with E-state index in [4.69, 9.17) is 9.47 Å². The molecule has 0 aromatic heterocycles. The Morgan fingerprint density at radius 1 is 1.19 bits per heavy atom. The van der Waals surface area contributed by atoms with Gasteiger partial charge in [0.2, 0.25) is 0 Å². The molecule has 0 radical (unpaired) electrons. The molecule has 2 fully saturated rings. The molecule has 2 N–H and O–H groups in total. The number of aliphatic imine (C=N–C) groups is 1. The summed E-state index contributed by atoms with van der Waals surface area (Å²) in [5, 5.41) is 6.95. The predicted molar refractivity (Wildman–Crippen MR) is 121 cm³/mol. The van der Waals surface area contributed by atoms with Gasteiger partial charge in [0.15, 0.2) is 5.96 Å².